The molecule has 1 aliphatic heterocycles. The maximum Gasteiger partial charge on any atom is 0.272 e. The minimum atomic E-state index is -0.0495. The first-order valence-electron chi connectivity index (χ1n) is 8.11. The molecule has 0 atom stereocenters. The fourth-order valence-electron chi connectivity index (χ4n) is 3.11. The van der Waals surface area contributed by atoms with Crippen LogP contribution in [-0.2, 0) is 7.05 Å². The number of amides is 1. The highest BCUT2D eigenvalue weighted by atomic mass is 16.2. The van der Waals surface area contributed by atoms with Crippen LogP contribution < -0.4 is 10.5 Å². The highest BCUT2D eigenvalue weighted by Crippen LogP contribution is 2.20. The fourth-order valence-corrected chi connectivity index (χ4v) is 3.11. The number of carbonyl (C=O) groups excluding carboxylic acids is 1. The van der Waals surface area contributed by atoms with Crippen LogP contribution >= 0.6 is 0 Å². The Morgan fingerprint density at radius 1 is 1.20 bits per heavy atom. The van der Waals surface area contributed by atoms with Crippen molar-refractivity contribution in [3.63, 3.8) is 0 Å². The van der Waals surface area contributed by atoms with E-state index < -0.39 is 0 Å². The van der Waals surface area contributed by atoms with Gasteiger partial charge in [-0.05, 0) is 18.2 Å². The summed E-state index contributed by atoms with van der Waals surface area (Å²) in [6, 6.07) is 5.70. The van der Waals surface area contributed by atoms with Crippen molar-refractivity contribution in [2.75, 3.05) is 31.1 Å². The van der Waals surface area contributed by atoms with Crippen LogP contribution in [0.15, 0.2) is 41.8 Å². The summed E-state index contributed by atoms with van der Waals surface area (Å²) in [6.45, 7) is 2.74. The molecule has 1 aromatic carbocycles. The zero-order valence-corrected chi connectivity index (χ0v) is 13.8. The van der Waals surface area contributed by atoms with Crippen molar-refractivity contribution in [3.8, 4) is 0 Å². The molecule has 3 heterocycles. The SMILES string of the molecule is Cn1cnc2cc(N3CCN(C(=O)c4cnc[nH]4)CC3)ccc2c1=O. The minimum absolute atomic E-state index is 0.0270. The van der Waals surface area contributed by atoms with Gasteiger partial charge in [0.25, 0.3) is 11.5 Å². The molecule has 4 rings (SSSR count). The van der Waals surface area contributed by atoms with E-state index >= 15 is 0 Å². The van der Waals surface area contributed by atoms with Gasteiger partial charge in [-0.1, -0.05) is 0 Å². The number of imidazole rings is 1. The highest BCUT2D eigenvalue weighted by molar-refractivity contribution is 5.92. The number of nitrogens with zero attached hydrogens (tertiary/aromatic N) is 5. The summed E-state index contributed by atoms with van der Waals surface area (Å²) in [5.74, 6) is -0.0270. The molecular formula is C17H18N6O2. The summed E-state index contributed by atoms with van der Waals surface area (Å²) in [6.07, 6.45) is 4.59. The maximum absolute atomic E-state index is 12.3. The van der Waals surface area contributed by atoms with E-state index in [9.17, 15) is 9.59 Å². The summed E-state index contributed by atoms with van der Waals surface area (Å²) < 4.78 is 1.47. The molecule has 0 spiro atoms. The standard InChI is InChI=1S/C17H18N6O2/c1-21-11-20-14-8-12(2-3-13(14)16(21)24)22-4-6-23(7-5-22)17(25)15-9-18-10-19-15/h2-3,8-11H,4-7H2,1H3,(H,18,19). The van der Waals surface area contributed by atoms with Crippen molar-refractivity contribution >= 4 is 22.5 Å². The number of fused-ring (bicyclic) bond motifs is 1. The zero-order chi connectivity index (χ0) is 17.4. The Hall–Kier alpha value is -3.16. The zero-order valence-electron chi connectivity index (χ0n) is 13.8. The lowest BCUT2D eigenvalue weighted by atomic mass is 10.2. The van der Waals surface area contributed by atoms with E-state index in [1.807, 2.05) is 23.1 Å². The summed E-state index contributed by atoms with van der Waals surface area (Å²) in [4.78, 5) is 39.5. The van der Waals surface area contributed by atoms with Crippen molar-refractivity contribution in [2.24, 2.45) is 7.05 Å². The number of piperazine rings is 1. The van der Waals surface area contributed by atoms with Gasteiger partial charge in [0.15, 0.2) is 0 Å². The van der Waals surface area contributed by atoms with Crippen LogP contribution in [0.25, 0.3) is 10.9 Å². The largest absolute Gasteiger partial charge is 0.368 e. The third-order valence-corrected chi connectivity index (χ3v) is 4.56. The number of hydrogen-bond donors (Lipinski definition) is 1. The summed E-state index contributed by atoms with van der Waals surface area (Å²) in [5.41, 5.74) is 2.17. The first-order valence-corrected chi connectivity index (χ1v) is 8.11. The Kier molecular flexibility index (Phi) is 3.72. The average Bonchev–Trinajstić information content (AvgIpc) is 3.19. The fraction of sp³-hybridized carbons (Fsp3) is 0.294. The molecule has 0 bridgehead atoms. The van der Waals surface area contributed by atoms with E-state index in [2.05, 4.69) is 19.9 Å². The van der Waals surface area contributed by atoms with Gasteiger partial charge in [0.1, 0.15) is 5.69 Å². The second-order valence-electron chi connectivity index (χ2n) is 6.11. The second-order valence-corrected chi connectivity index (χ2v) is 6.11. The molecule has 1 aliphatic rings. The van der Waals surface area contributed by atoms with E-state index in [-0.39, 0.29) is 11.5 Å². The van der Waals surface area contributed by atoms with Gasteiger partial charge < -0.3 is 19.4 Å². The second kappa shape index (κ2) is 6.04. The number of aromatic nitrogens is 4. The van der Waals surface area contributed by atoms with Crippen molar-refractivity contribution < 1.29 is 4.79 Å². The first-order chi connectivity index (χ1) is 12.1. The van der Waals surface area contributed by atoms with Crippen molar-refractivity contribution in [1.82, 2.24) is 24.4 Å². The molecule has 0 radical (unpaired) electrons. The van der Waals surface area contributed by atoms with Gasteiger partial charge in [0, 0.05) is 38.9 Å². The number of H-pyrrole nitrogens is 1. The molecule has 1 N–H and O–H groups in total. The van der Waals surface area contributed by atoms with Gasteiger partial charge >= 0.3 is 0 Å². The third kappa shape index (κ3) is 2.75. The number of rotatable bonds is 2. The highest BCUT2D eigenvalue weighted by Gasteiger charge is 2.23. The average molecular weight is 338 g/mol. The summed E-state index contributed by atoms with van der Waals surface area (Å²) >= 11 is 0. The lowest BCUT2D eigenvalue weighted by molar-refractivity contribution is 0.0741. The normalized spacial score (nSPS) is 14.9. The third-order valence-electron chi connectivity index (χ3n) is 4.56. The molecular weight excluding hydrogens is 320 g/mol. The lowest BCUT2D eigenvalue weighted by Gasteiger charge is -2.36. The van der Waals surface area contributed by atoms with E-state index in [4.69, 9.17) is 0 Å². The topological polar surface area (TPSA) is 87.1 Å². The molecule has 0 unspecified atom stereocenters. The van der Waals surface area contributed by atoms with Gasteiger partial charge in [-0.3, -0.25) is 9.59 Å². The van der Waals surface area contributed by atoms with Crippen LogP contribution in [0.4, 0.5) is 5.69 Å². The van der Waals surface area contributed by atoms with Crippen LogP contribution in [0.3, 0.4) is 0 Å². The van der Waals surface area contributed by atoms with E-state index in [1.165, 1.54) is 17.2 Å². The summed E-state index contributed by atoms with van der Waals surface area (Å²) in [5, 5.41) is 0.613. The Morgan fingerprint density at radius 2 is 2.00 bits per heavy atom. The number of nitrogens with one attached hydrogen (secondary N) is 1. The molecule has 3 aromatic rings. The van der Waals surface area contributed by atoms with Crippen LogP contribution in [0, 0.1) is 0 Å². The molecule has 1 amide bonds. The molecule has 8 heteroatoms. The predicted molar refractivity (Wildman–Crippen MR) is 93.7 cm³/mol. The number of carbonyl (C=O) groups is 1. The Balaban J connectivity index is 1.51. The van der Waals surface area contributed by atoms with Gasteiger partial charge in [-0.2, -0.15) is 0 Å². The summed E-state index contributed by atoms with van der Waals surface area (Å²) in [7, 11) is 1.69. The van der Waals surface area contributed by atoms with Gasteiger partial charge in [-0.25, -0.2) is 9.97 Å². The van der Waals surface area contributed by atoms with Crippen LogP contribution in [0.1, 0.15) is 10.5 Å². The number of anilines is 1. The van der Waals surface area contributed by atoms with Crippen molar-refractivity contribution in [1.29, 1.82) is 0 Å². The number of benzene rings is 1. The van der Waals surface area contributed by atoms with Gasteiger partial charge in [-0.15, -0.1) is 0 Å². The van der Waals surface area contributed by atoms with E-state index in [0.29, 0.717) is 29.7 Å². The number of hydrogen-bond acceptors (Lipinski definition) is 5. The molecule has 25 heavy (non-hydrogen) atoms. The molecule has 0 saturated carbocycles. The Morgan fingerprint density at radius 3 is 2.72 bits per heavy atom. The van der Waals surface area contributed by atoms with Crippen molar-refractivity contribution in [3.05, 3.63) is 53.1 Å². The molecule has 8 nitrogen and oxygen atoms in total. The van der Waals surface area contributed by atoms with Crippen LogP contribution in [0.2, 0.25) is 0 Å². The van der Waals surface area contributed by atoms with Crippen LogP contribution in [0.5, 0.6) is 0 Å². The smallest absolute Gasteiger partial charge is 0.272 e. The minimum Gasteiger partial charge on any atom is -0.368 e. The van der Waals surface area contributed by atoms with Crippen LogP contribution in [-0.4, -0.2) is 56.5 Å². The predicted octanol–water partition coefficient (Wildman–Crippen LogP) is 0.619. The lowest BCUT2D eigenvalue weighted by Crippen LogP contribution is -2.48. The Bertz CT molecular complexity index is 970. The van der Waals surface area contributed by atoms with E-state index in [0.717, 1.165) is 18.8 Å². The number of aromatic amines is 1. The Labute approximate surface area is 143 Å². The monoisotopic (exact) mass is 338 g/mol. The molecule has 2 aromatic heterocycles. The quantitative estimate of drug-likeness (QED) is 0.740. The first kappa shape index (κ1) is 15.4. The maximum atomic E-state index is 12.3. The van der Waals surface area contributed by atoms with Gasteiger partial charge in [0.05, 0.1) is 29.8 Å². The molecule has 1 saturated heterocycles. The molecule has 128 valence electrons. The van der Waals surface area contributed by atoms with Gasteiger partial charge in [0.2, 0.25) is 0 Å². The number of aryl methyl sites for hydroxylation is 1. The molecule has 0 aliphatic carbocycles. The molecule has 1 fully saturated rings. The van der Waals surface area contributed by atoms with Crippen molar-refractivity contribution in [2.45, 2.75) is 0 Å². The van der Waals surface area contributed by atoms with E-state index in [1.54, 1.807) is 13.2 Å².